The van der Waals surface area contributed by atoms with Gasteiger partial charge < -0.3 is 5.73 Å². The highest BCUT2D eigenvalue weighted by Crippen LogP contribution is 2.50. The summed E-state index contributed by atoms with van der Waals surface area (Å²) in [6.45, 7) is 1.79. The highest BCUT2D eigenvalue weighted by molar-refractivity contribution is 7.91. The fourth-order valence-electron chi connectivity index (χ4n) is 2.04. The quantitative estimate of drug-likeness (QED) is 0.843. The Morgan fingerprint density at radius 3 is 2.61 bits per heavy atom. The molecule has 18 heavy (non-hydrogen) atoms. The Kier molecular flexibility index (Phi) is 3.07. The molecule has 0 aromatic heterocycles. The Balaban J connectivity index is 2.26. The van der Waals surface area contributed by atoms with Gasteiger partial charge in [0.2, 0.25) is 0 Å². The minimum atomic E-state index is -3.32. The fraction of sp³-hybridized carbons (Fsp3) is 0.462. The summed E-state index contributed by atoms with van der Waals surface area (Å²) in [4.78, 5) is 0.304. The predicted molar refractivity (Wildman–Crippen MR) is 69.5 cm³/mol. The first-order valence-corrected chi connectivity index (χ1v) is 7.50. The molecule has 0 bridgehead atoms. The van der Waals surface area contributed by atoms with Gasteiger partial charge in [0.05, 0.1) is 16.7 Å². The van der Waals surface area contributed by atoms with Crippen LogP contribution in [0.4, 0.5) is 5.69 Å². The Bertz CT molecular complexity index is 610. The molecule has 1 aliphatic carbocycles. The van der Waals surface area contributed by atoms with E-state index in [0.29, 0.717) is 17.0 Å². The van der Waals surface area contributed by atoms with Crippen molar-refractivity contribution < 1.29 is 8.42 Å². The van der Waals surface area contributed by atoms with Crippen molar-refractivity contribution >= 4 is 15.5 Å². The smallest absolute Gasteiger partial charge is 0.178 e. The van der Waals surface area contributed by atoms with Gasteiger partial charge in [-0.3, -0.25) is 0 Å². The van der Waals surface area contributed by atoms with Crippen LogP contribution in [0.25, 0.3) is 0 Å². The lowest BCUT2D eigenvalue weighted by Gasteiger charge is -2.12. The molecule has 0 saturated heterocycles. The van der Waals surface area contributed by atoms with Crippen molar-refractivity contribution in [3.8, 4) is 6.07 Å². The van der Waals surface area contributed by atoms with Crippen LogP contribution >= 0.6 is 0 Å². The summed E-state index contributed by atoms with van der Waals surface area (Å²) in [6.07, 6.45) is 1.97. The van der Waals surface area contributed by atoms with E-state index in [1.165, 1.54) is 0 Å². The normalized spacial score (nSPS) is 17.1. The monoisotopic (exact) mass is 264 g/mol. The van der Waals surface area contributed by atoms with Gasteiger partial charge >= 0.3 is 0 Å². The molecule has 0 aliphatic heterocycles. The van der Waals surface area contributed by atoms with Gasteiger partial charge in [0.1, 0.15) is 0 Å². The van der Waals surface area contributed by atoms with Crippen LogP contribution in [-0.4, -0.2) is 14.2 Å². The van der Waals surface area contributed by atoms with Crippen LogP contribution in [0.3, 0.4) is 0 Å². The maximum atomic E-state index is 12.3. The van der Waals surface area contributed by atoms with Gasteiger partial charge in [-0.25, -0.2) is 8.42 Å². The van der Waals surface area contributed by atoms with E-state index in [2.05, 4.69) is 6.07 Å². The number of nitriles is 1. The molecule has 5 heteroatoms. The van der Waals surface area contributed by atoms with Crippen molar-refractivity contribution in [1.29, 1.82) is 5.26 Å². The van der Waals surface area contributed by atoms with Crippen molar-refractivity contribution in [2.24, 2.45) is 5.41 Å². The third-order valence-corrected chi connectivity index (χ3v) is 5.47. The Morgan fingerprint density at radius 2 is 2.11 bits per heavy atom. The number of nitrogen functional groups attached to an aromatic ring is 1. The second kappa shape index (κ2) is 4.29. The summed E-state index contributed by atoms with van der Waals surface area (Å²) in [5, 5.41) is 8.73. The first-order chi connectivity index (χ1) is 8.38. The number of sulfone groups is 1. The van der Waals surface area contributed by atoms with Crippen LogP contribution in [0.5, 0.6) is 0 Å². The van der Waals surface area contributed by atoms with Gasteiger partial charge in [0, 0.05) is 12.1 Å². The van der Waals surface area contributed by atoms with Crippen LogP contribution in [0, 0.1) is 23.7 Å². The minimum absolute atomic E-state index is 0.0664. The van der Waals surface area contributed by atoms with Crippen molar-refractivity contribution in [1.82, 2.24) is 0 Å². The highest BCUT2D eigenvalue weighted by Gasteiger charge is 2.46. The standard InChI is InChI=1S/C13H16N2O2S/c1-10-8-11(2-3-12(10)15)18(16,17)9-13(4-5-13)6-7-14/h2-3,8H,4-6,9,15H2,1H3. The largest absolute Gasteiger partial charge is 0.399 e. The van der Waals surface area contributed by atoms with E-state index in [0.717, 1.165) is 18.4 Å². The van der Waals surface area contributed by atoms with Crippen LogP contribution in [0.1, 0.15) is 24.8 Å². The summed E-state index contributed by atoms with van der Waals surface area (Å²) < 4.78 is 24.6. The molecule has 0 spiro atoms. The zero-order valence-electron chi connectivity index (χ0n) is 10.3. The third-order valence-electron chi connectivity index (χ3n) is 3.51. The van der Waals surface area contributed by atoms with Gasteiger partial charge in [-0.1, -0.05) is 0 Å². The molecule has 0 amide bonds. The van der Waals surface area contributed by atoms with E-state index >= 15 is 0 Å². The van der Waals surface area contributed by atoms with Crippen LogP contribution in [0.2, 0.25) is 0 Å². The zero-order valence-corrected chi connectivity index (χ0v) is 11.1. The van der Waals surface area contributed by atoms with Crippen LogP contribution < -0.4 is 5.73 Å². The summed E-state index contributed by atoms with van der Waals surface area (Å²) in [6, 6.07) is 6.84. The first kappa shape index (κ1) is 12.9. The number of hydrogen-bond acceptors (Lipinski definition) is 4. The molecule has 0 radical (unpaired) electrons. The Hall–Kier alpha value is -1.54. The Morgan fingerprint density at radius 1 is 1.44 bits per heavy atom. The van der Waals surface area contributed by atoms with Gasteiger partial charge in [0.25, 0.3) is 0 Å². The minimum Gasteiger partial charge on any atom is -0.399 e. The van der Waals surface area contributed by atoms with Gasteiger partial charge in [-0.15, -0.1) is 0 Å². The third kappa shape index (κ3) is 2.49. The van der Waals surface area contributed by atoms with E-state index < -0.39 is 9.84 Å². The van der Waals surface area contributed by atoms with Gasteiger partial charge in [-0.2, -0.15) is 5.26 Å². The molecule has 2 N–H and O–H groups in total. The molecule has 0 unspecified atom stereocenters. The molecule has 1 aromatic carbocycles. The fourth-order valence-corrected chi connectivity index (χ4v) is 4.04. The molecule has 1 aromatic rings. The summed E-state index contributed by atoms with van der Waals surface area (Å²) in [7, 11) is -3.32. The molecule has 0 heterocycles. The van der Waals surface area contributed by atoms with Crippen molar-refractivity contribution in [3.05, 3.63) is 23.8 Å². The lowest BCUT2D eigenvalue weighted by molar-refractivity contribution is 0.548. The maximum absolute atomic E-state index is 12.3. The van der Waals surface area contributed by atoms with Crippen molar-refractivity contribution in [3.63, 3.8) is 0 Å². The second-order valence-electron chi connectivity index (χ2n) is 5.11. The number of anilines is 1. The lowest BCUT2D eigenvalue weighted by atomic mass is 10.1. The summed E-state index contributed by atoms with van der Waals surface area (Å²) in [5.41, 5.74) is 6.73. The molecule has 1 aliphatic rings. The van der Waals surface area contributed by atoms with Crippen LogP contribution in [-0.2, 0) is 9.84 Å². The number of nitrogens with two attached hydrogens (primary N) is 1. The van der Waals surface area contributed by atoms with E-state index in [4.69, 9.17) is 11.0 Å². The summed E-state index contributed by atoms with van der Waals surface area (Å²) in [5.74, 6) is 0.0664. The molecule has 0 atom stereocenters. The van der Waals surface area contributed by atoms with E-state index in [1.807, 2.05) is 0 Å². The topological polar surface area (TPSA) is 84.0 Å². The summed E-state index contributed by atoms with van der Waals surface area (Å²) >= 11 is 0. The number of aryl methyl sites for hydroxylation is 1. The van der Waals surface area contributed by atoms with Crippen molar-refractivity contribution in [2.45, 2.75) is 31.1 Å². The lowest BCUT2D eigenvalue weighted by Crippen LogP contribution is -2.17. The average molecular weight is 264 g/mol. The molecule has 4 nitrogen and oxygen atoms in total. The maximum Gasteiger partial charge on any atom is 0.178 e. The Labute approximate surface area is 107 Å². The molecule has 2 rings (SSSR count). The average Bonchev–Trinajstić information content (AvgIpc) is 3.01. The van der Waals surface area contributed by atoms with Gasteiger partial charge in [0.15, 0.2) is 9.84 Å². The number of rotatable bonds is 4. The molecule has 1 saturated carbocycles. The second-order valence-corrected chi connectivity index (χ2v) is 7.10. The highest BCUT2D eigenvalue weighted by atomic mass is 32.2. The molecule has 1 fully saturated rings. The molecular formula is C13H16N2O2S. The molecular weight excluding hydrogens is 248 g/mol. The number of nitrogens with zero attached hydrogens (tertiary/aromatic N) is 1. The SMILES string of the molecule is Cc1cc(S(=O)(=O)CC2(CC#N)CC2)ccc1N. The van der Waals surface area contributed by atoms with E-state index in [1.54, 1.807) is 25.1 Å². The first-order valence-electron chi connectivity index (χ1n) is 5.84. The van der Waals surface area contributed by atoms with Crippen molar-refractivity contribution in [2.75, 3.05) is 11.5 Å². The number of hydrogen-bond donors (Lipinski definition) is 1. The van der Waals surface area contributed by atoms with E-state index in [9.17, 15) is 8.42 Å². The zero-order chi connectivity index (χ0) is 13.4. The molecule has 96 valence electrons. The van der Waals surface area contributed by atoms with Crippen LogP contribution in [0.15, 0.2) is 23.1 Å². The predicted octanol–water partition coefficient (Wildman–Crippen LogP) is 2.04. The van der Waals surface area contributed by atoms with E-state index in [-0.39, 0.29) is 11.2 Å². The van der Waals surface area contributed by atoms with Gasteiger partial charge in [-0.05, 0) is 48.9 Å². The number of benzene rings is 1.